The molecule has 1 aliphatic rings. The van der Waals surface area contributed by atoms with E-state index in [9.17, 15) is 4.39 Å². The molecule has 3 nitrogen and oxygen atoms in total. The molecule has 1 aromatic rings. The number of nitrogens with zero attached hydrogens (tertiary/aromatic N) is 2. The highest BCUT2D eigenvalue weighted by molar-refractivity contribution is 5.32. The standard InChI is InChI=1S/C11H12FN3/c12-11-3-8(4-13)1-2-9(11)5-15-6-10(14)7-15/h1-3,10H,5-7,14H2. The number of halogens is 1. The van der Waals surface area contributed by atoms with E-state index in [1.165, 1.54) is 6.07 Å². The van der Waals surface area contributed by atoms with E-state index >= 15 is 0 Å². The zero-order chi connectivity index (χ0) is 10.8. The Kier molecular flexibility index (Phi) is 2.67. The van der Waals surface area contributed by atoms with Crippen molar-refractivity contribution in [1.82, 2.24) is 4.90 Å². The van der Waals surface area contributed by atoms with Gasteiger partial charge in [0.05, 0.1) is 11.6 Å². The van der Waals surface area contributed by atoms with Crippen LogP contribution in [-0.4, -0.2) is 24.0 Å². The Morgan fingerprint density at radius 3 is 2.80 bits per heavy atom. The summed E-state index contributed by atoms with van der Waals surface area (Å²) < 4.78 is 13.4. The molecule has 78 valence electrons. The average molecular weight is 205 g/mol. The van der Waals surface area contributed by atoms with Crippen molar-refractivity contribution in [3.63, 3.8) is 0 Å². The largest absolute Gasteiger partial charge is 0.325 e. The van der Waals surface area contributed by atoms with Gasteiger partial charge in [0.2, 0.25) is 0 Å². The lowest BCUT2D eigenvalue weighted by Crippen LogP contribution is -2.54. The van der Waals surface area contributed by atoms with Crippen LogP contribution in [0.5, 0.6) is 0 Å². The van der Waals surface area contributed by atoms with E-state index in [2.05, 4.69) is 4.90 Å². The first-order valence-corrected chi connectivity index (χ1v) is 4.85. The van der Waals surface area contributed by atoms with Crippen molar-refractivity contribution in [1.29, 1.82) is 5.26 Å². The van der Waals surface area contributed by atoms with Gasteiger partial charge in [-0.3, -0.25) is 4.90 Å². The number of nitriles is 1. The van der Waals surface area contributed by atoms with Crippen LogP contribution in [0.4, 0.5) is 4.39 Å². The number of benzene rings is 1. The molecule has 0 aromatic heterocycles. The summed E-state index contributed by atoms with van der Waals surface area (Å²) in [5.41, 5.74) is 6.61. The minimum Gasteiger partial charge on any atom is -0.325 e. The van der Waals surface area contributed by atoms with Gasteiger partial charge in [-0.25, -0.2) is 4.39 Å². The Morgan fingerprint density at radius 1 is 1.53 bits per heavy atom. The molecular weight excluding hydrogens is 193 g/mol. The number of hydrogen-bond donors (Lipinski definition) is 1. The summed E-state index contributed by atoms with van der Waals surface area (Å²) in [5, 5.41) is 8.58. The maximum absolute atomic E-state index is 13.4. The highest BCUT2D eigenvalue weighted by atomic mass is 19.1. The summed E-state index contributed by atoms with van der Waals surface area (Å²) in [6.45, 7) is 2.21. The predicted octanol–water partition coefficient (Wildman–Crippen LogP) is 0.840. The topological polar surface area (TPSA) is 53.0 Å². The molecule has 1 saturated heterocycles. The van der Waals surface area contributed by atoms with Gasteiger partial charge < -0.3 is 5.73 Å². The van der Waals surface area contributed by atoms with Gasteiger partial charge in [0.15, 0.2) is 0 Å². The van der Waals surface area contributed by atoms with Crippen LogP contribution in [0.3, 0.4) is 0 Å². The monoisotopic (exact) mass is 205 g/mol. The van der Waals surface area contributed by atoms with E-state index in [-0.39, 0.29) is 11.9 Å². The lowest BCUT2D eigenvalue weighted by Gasteiger charge is -2.36. The molecule has 1 fully saturated rings. The van der Waals surface area contributed by atoms with Gasteiger partial charge >= 0.3 is 0 Å². The van der Waals surface area contributed by atoms with Crippen molar-refractivity contribution in [2.45, 2.75) is 12.6 Å². The van der Waals surface area contributed by atoms with Gasteiger partial charge in [0.25, 0.3) is 0 Å². The summed E-state index contributed by atoms with van der Waals surface area (Å²) >= 11 is 0. The first-order valence-electron chi connectivity index (χ1n) is 4.85. The maximum Gasteiger partial charge on any atom is 0.129 e. The Balaban J connectivity index is 2.06. The smallest absolute Gasteiger partial charge is 0.129 e. The molecule has 0 radical (unpaired) electrons. The SMILES string of the molecule is N#Cc1ccc(CN2CC(N)C2)c(F)c1. The van der Waals surface area contributed by atoms with Crippen LogP contribution in [0.1, 0.15) is 11.1 Å². The van der Waals surface area contributed by atoms with Crippen LogP contribution in [0.15, 0.2) is 18.2 Å². The highest BCUT2D eigenvalue weighted by Gasteiger charge is 2.23. The van der Waals surface area contributed by atoms with Crippen LogP contribution in [0.2, 0.25) is 0 Å². The van der Waals surface area contributed by atoms with Gasteiger partial charge in [-0.15, -0.1) is 0 Å². The zero-order valence-electron chi connectivity index (χ0n) is 8.28. The average Bonchev–Trinajstić information content (AvgIpc) is 2.18. The molecule has 1 aliphatic heterocycles. The van der Waals surface area contributed by atoms with Crippen LogP contribution in [0, 0.1) is 17.1 Å². The summed E-state index contributed by atoms with van der Waals surface area (Å²) in [6.07, 6.45) is 0. The first kappa shape index (κ1) is 10.1. The van der Waals surface area contributed by atoms with Crippen molar-refractivity contribution in [3.8, 4) is 6.07 Å². The second kappa shape index (κ2) is 3.97. The Bertz CT molecular complexity index is 405. The van der Waals surface area contributed by atoms with Crippen LogP contribution < -0.4 is 5.73 Å². The third kappa shape index (κ3) is 2.14. The summed E-state index contributed by atoms with van der Waals surface area (Å²) in [4.78, 5) is 2.08. The number of likely N-dealkylation sites (tertiary alicyclic amines) is 1. The quantitative estimate of drug-likeness (QED) is 0.778. The normalized spacial score (nSPS) is 17.1. The second-order valence-corrected chi connectivity index (χ2v) is 3.87. The Morgan fingerprint density at radius 2 is 2.27 bits per heavy atom. The fraction of sp³-hybridized carbons (Fsp3) is 0.364. The Hall–Kier alpha value is -1.44. The van der Waals surface area contributed by atoms with Crippen molar-refractivity contribution in [3.05, 3.63) is 35.1 Å². The minimum absolute atomic E-state index is 0.228. The van der Waals surface area contributed by atoms with E-state index in [1.54, 1.807) is 12.1 Å². The summed E-state index contributed by atoms with van der Waals surface area (Å²) in [6, 6.07) is 6.71. The molecule has 0 amide bonds. The van der Waals surface area contributed by atoms with Crippen molar-refractivity contribution in [2.24, 2.45) is 5.73 Å². The van der Waals surface area contributed by atoms with E-state index in [0.717, 1.165) is 13.1 Å². The molecule has 2 N–H and O–H groups in total. The predicted molar refractivity (Wildman–Crippen MR) is 54.4 cm³/mol. The molecule has 1 aromatic carbocycles. The van der Waals surface area contributed by atoms with Crippen LogP contribution in [-0.2, 0) is 6.54 Å². The number of rotatable bonds is 2. The van der Waals surface area contributed by atoms with Gasteiger partial charge in [0.1, 0.15) is 5.82 Å². The lowest BCUT2D eigenvalue weighted by molar-refractivity contribution is 0.140. The Labute approximate surface area is 87.9 Å². The maximum atomic E-state index is 13.4. The van der Waals surface area contributed by atoms with E-state index in [4.69, 9.17) is 11.0 Å². The van der Waals surface area contributed by atoms with Crippen LogP contribution >= 0.6 is 0 Å². The highest BCUT2D eigenvalue weighted by Crippen LogP contribution is 2.15. The fourth-order valence-electron chi connectivity index (χ4n) is 1.72. The van der Waals surface area contributed by atoms with Gasteiger partial charge in [-0.1, -0.05) is 6.07 Å². The zero-order valence-corrected chi connectivity index (χ0v) is 8.28. The van der Waals surface area contributed by atoms with Crippen molar-refractivity contribution in [2.75, 3.05) is 13.1 Å². The van der Waals surface area contributed by atoms with E-state index in [1.807, 2.05) is 6.07 Å². The first-order chi connectivity index (χ1) is 7.19. The molecule has 0 unspecified atom stereocenters. The molecule has 0 atom stereocenters. The number of nitrogens with two attached hydrogens (primary N) is 1. The lowest BCUT2D eigenvalue weighted by atomic mass is 10.1. The molecule has 0 saturated carbocycles. The van der Waals surface area contributed by atoms with Crippen LogP contribution in [0.25, 0.3) is 0 Å². The molecular formula is C11H12FN3. The van der Waals surface area contributed by atoms with E-state index in [0.29, 0.717) is 17.7 Å². The molecule has 0 bridgehead atoms. The molecule has 15 heavy (non-hydrogen) atoms. The molecule has 4 heteroatoms. The van der Waals surface area contributed by atoms with E-state index < -0.39 is 0 Å². The van der Waals surface area contributed by atoms with Crippen molar-refractivity contribution >= 4 is 0 Å². The number of hydrogen-bond acceptors (Lipinski definition) is 3. The summed E-state index contributed by atoms with van der Waals surface area (Å²) in [5.74, 6) is -0.311. The molecule has 2 rings (SSSR count). The van der Waals surface area contributed by atoms with Crippen molar-refractivity contribution < 1.29 is 4.39 Å². The third-order valence-corrected chi connectivity index (χ3v) is 2.56. The second-order valence-electron chi connectivity index (χ2n) is 3.87. The summed E-state index contributed by atoms with van der Waals surface area (Å²) in [7, 11) is 0. The fourth-order valence-corrected chi connectivity index (χ4v) is 1.72. The minimum atomic E-state index is -0.311. The molecule has 0 spiro atoms. The molecule has 1 heterocycles. The van der Waals surface area contributed by atoms with Gasteiger partial charge in [0, 0.05) is 31.2 Å². The molecule has 0 aliphatic carbocycles. The third-order valence-electron chi connectivity index (χ3n) is 2.56. The van der Waals surface area contributed by atoms with Gasteiger partial charge in [-0.05, 0) is 12.1 Å². The van der Waals surface area contributed by atoms with Gasteiger partial charge in [-0.2, -0.15) is 5.26 Å².